The average molecular weight is 715 g/mol. The van der Waals surface area contributed by atoms with Crippen molar-refractivity contribution in [1.82, 2.24) is 31.1 Å². The molecule has 0 fully saturated rings. The lowest BCUT2D eigenvalue weighted by Gasteiger charge is -2.12. The number of carbonyl (C=O) groups is 12. The van der Waals surface area contributed by atoms with E-state index in [9.17, 15) is 57.5 Å². The summed E-state index contributed by atoms with van der Waals surface area (Å²) in [5.41, 5.74) is 0. The third kappa shape index (κ3) is 17.0. The fourth-order valence-corrected chi connectivity index (χ4v) is 4.58. The van der Waals surface area contributed by atoms with E-state index in [1.807, 2.05) is 0 Å². The van der Waals surface area contributed by atoms with Crippen LogP contribution in [-0.2, 0) is 57.5 Å². The van der Waals surface area contributed by atoms with Gasteiger partial charge in [-0.2, -0.15) is 0 Å². The Morgan fingerprint density at radius 2 is 0.647 bits per heavy atom. The van der Waals surface area contributed by atoms with Crippen LogP contribution >= 0.6 is 0 Å². The molecule has 0 saturated carbocycles. The summed E-state index contributed by atoms with van der Waals surface area (Å²) in [6.45, 7) is -0.982. The van der Waals surface area contributed by atoms with Crippen molar-refractivity contribution in [1.29, 1.82) is 0 Å². The number of hydrogen-bond donors (Lipinski definition) is 4. The summed E-state index contributed by atoms with van der Waals surface area (Å²) < 4.78 is 0. The summed E-state index contributed by atoms with van der Waals surface area (Å²) in [5, 5.41) is 9.59. The predicted octanol–water partition coefficient (Wildman–Crippen LogP) is -2.13. The van der Waals surface area contributed by atoms with Crippen molar-refractivity contribution in [2.45, 2.75) is 70.6 Å². The zero-order valence-electron chi connectivity index (χ0n) is 28.1. The summed E-state index contributed by atoms with van der Waals surface area (Å²) in [4.78, 5) is 144. The van der Waals surface area contributed by atoms with E-state index in [0.717, 1.165) is 34.1 Å². The van der Waals surface area contributed by atoms with E-state index in [1.165, 1.54) is 0 Å². The third-order valence-electron chi connectivity index (χ3n) is 7.48. The van der Waals surface area contributed by atoms with Crippen LogP contribution < -0.4 is 21.3 Å². The number of rotatable bonds is 26. The Kier molecular flexibility index (Phi) is 18.0. The number of amides is 8. The van der Waals surface area contributed by atoms with E-state index >= 15 is 0 Å². The Morgan fingerprint density at radius 1 is 0.373 bits per heavy atom. The molecule has 4 N–H and O–H groups in total. The van der Waals surface area contributed by atoms with Crippen molar-refractivity contribution in [3.8, 4) is 0 Å². The minimum absolute atomic E-state index is 0.0481. The molecule has 0 aliphatic carbocycles. The van der Waals surface area contributed by atoms with Gasteiger partial charge in [0.15, 0.2) is 23.1 Å². The van der Waals surface area contributed by atoms with Crippen molar-refractivity contribution in [3.05, 3.63) is 24.3 Å². The van der Waals surface area contributed by atoms with Gasteiger partial charge in [-0.15, -0.1) is 0 Å². The Bertz CT molecular complexity index is 1340. The first kappa shape index (κ1) is 41.5. The first-order valence-electron chi connectivity index (χ1n) is 16.5. The molecule has 276 valence electrons. The lowest BCUT2D eigenvalue weighted by molar-refractivity contribution is -0.138. The van der Waals surface area contributed by atoms with Crippen LogP contribution in [0.3, 0.4) is 0 Å². The standard InChI is InChI=1S/C33H42N6O12/c40-22(4-2-16-38-30(48)12-13-31(38)49)18-36-28(46)10-8-24(42)20-34-26(44)6-1-7-27(45)35-21-25(43)9-11-29(47)37-19-23(41)5-3-17-39-32(50)14-15-33(39)51/h12-15H,1-11,16-21H2,(H,34,44)(H,35,45)(H,36,46)(H,37,47). The van der Waals surface area contributed by atoms with E-state index in [-0.39, 0.29) is 121 Å². The molecule has 2 aliphatic heterocycles. The maximum absolute atomic E-state index is 12.0. The van der Waals surface area contributed by atoms with Crippen LogP contribution in [-0.4, -0.2) is 119 Å². The van der Waals surface area contributed by atoms with Gasteiger partial charge in [-0.05, 0) is 19.3 Å². The lowest BCUT2D eigenvalue weighted by Crippen LogP contribution is -2.33. The molecular weight excluding hydrogens is 672 g/mol. The topological polar surface area (TPSA) is 259 Å². The highest BCUT2D eigenvalue weighted by Crippen LogP contribution is 2.07. The van der Waals surface area contributed by atoms with E-state index in [4.69, 9.17) is 0 Å². The molecule has 8 amide bonds. The first-order chi connectivity index (χ1) is 24.2. The Hall–Kier alpha value is -5.68. The zero-order valence-corrected chi connectivity index (χ0v) is 28.1. The maximum atomic E-state index is 12.0. The number of hydrogen-bond acceptors (Lipinski definition) is 12. The molecular formula is C33H42N6O12. The molecule has 2 aliphatic rings. The summed E-state index contributed by atoms with van der Waals surface area (Å²) in [5.74, 6) is -5.25. The highest BCUT2D eigenvalue weighted by Gasteiger charge is 2.24. The first-order valence-corrected chi connectivity index (χ1v) is 16.5. The molecule has 2 rings (SSSR count). The second-order valence-electron chi connectivity index (χ2n) is 11.6. The largest absolute Gasteiger partial charge is 0.349 e. The van der Waals surface area contributed by atoms with E-state index in [0.29, 0.717) is 0 Å². The van der Waals surface area contributed by atoms with Crippen LogP contribution in [0.2, 0.25) is 0 Å². The molecule has 0 saturated heterocycles. The molecule has 51 heavy (non-hydrogen) atoms. The van der Waals surface area contributed by atoms with Crippen LogP contribution in [0.1, 0.15) is 70.6 Å². The normalized spacial score (nSPS) is 13.4. The van der Waals surface area contributed by atoms with E-state index in [2.05, 4.69) is 21.3 Å². The van der Waals surface area contributed by atoms with Gasteiger partial charge in [-0.25, -0.2) is 0 Å². The van der Waals surface area contributed by atoms with Gasteiger partial charge in [-0.1, -0.05) is 0 Å². The van der Waals surface area contributed by atoms with Crippen molar-refractivity contribution >= 4 is 70.4 Å². The molecule has 0 atom stereocenters. The second kappa shape index (κ2) is 22.1. The van der Waals surface area contributed by atoms with Gasteiger partial charge in [0, 0.05) is 88.8 Å². The van der Waals surface area contributed by atoms with Crippen molar-refractivity contribution < 1.29 is 57.5 Å². The molecule has 0 aromatic carbocycles. The average Bonchev–Trinajstić information content (AvgIpc) is 3.59. The molecule has 18 nitrogen and oxygen atoms in total. The fourth-order valence-electron chi connectivity index (χ4n) is 4.58. The van der Waals surface area contributed by atoms with Gasteiger partial charge in [-0.3, -0.25) is 67.3 Å². The van der Waals surface area contributed by atoms with Crippen LogP contribution in [0, 0.1) is 0 Å². The fraction of sp³-hybridized carbons (Fsp3) is 0.515. The molecule has 0 bridgehead atoms. The summed E-state index contributed by atoms with van der Waals surface area (Å²) in [6, 6.07) is 0. The van der Waals surface area contributed by atoms with Gasteiger partial charge in [0.05, 0.1) is 26.2 Å². The monoisotopic (exact) mass is 714 g/mol. The second-order valence-corrected chi connectivity index (χ2v) is 11.6. The number of nitrogens with zero attached hydrogens (tertiary/aromatic N) is 2. The molecule has 0 spiro atoms. The van der Waals surface area contributed by atoms with Crippen LogP contribution in [0.4, 0.5) is 0 Å². The zero-order chi connectivity index (χ0) is 37.8. The highest BCUT2D eigenvalue weighted by molar-refractivity contribution is 6.13. The molecule has 0 unspecified atom stereocenters. The van der Waals surface area contributed by atoms with E-state index < -0.39 is 58.8 Å². The minimum Gasteiger partial charge on any atom is -0.349 e. The highest BCUT2D eigenvalue weighted by atomic mass is 16.2. The molecule has 0 aromatic rings. The number of nitrogens with one attached hydrogen (secondary N) is 4. The Balaban J connectivity index is 1.43. The Morgan fingerprint density at radius 3 is 0.961 bits per heavy atom. The van der Waals surface area contributed by atoms with Crippen molar-refractivity contribution in [2.24, 2.45) is 0 Å². The van der Waals surface area contributed by atoms with Gasteiger partial charge < -0.3 is 21.3 Å². The molecule has 0 aromatic heterocycles. The summed E-state index contributed by atoms with van der Waals surface area (Å²) in [6.07, 6.45) is 4.46. The van der Waals surface area contributed by atoms with Gasteiger partial charge in [0.1, 0.15) is 0 Å². The summed E-state index contributed by atoms with van der Waals surface area (Å²) >= 11 is 0. The predicted molar refractivity (Wildman–Crippen MR) is 175 cm³/mol. The number of ketones is 4. The number of imide groups is 2. The quantitative estimate of drug-likeness (QED) is 0.0701. The van der Waals surface area contributed by atoms with Gasteiger partial charge >= 0.3 is 0 Å². The minimum atomic E-state index is -0.531. The van der Waals surface area contributed by atoms with Gasteiger partial charge in [0.25, 0.3) is 23.6 Å². The SMILES string of the molecule is O=C(CCC(=O)NCC(=O)CCCN1C(=O)C=CC1=O)CNC(=O)CCCC(=O)NCC(=O)CCC(=O)NCC(=O)CCCN1C(=O)C=CC1=O. The van der Waals surface area contributed by atoms with Gasteiger partial charge in [0.2, 0.25) is 23.6 Å². The van der Waals surface area contributed by atoms with Crippen LogP contribution in [0.25, 0.3) is 0 Å². The van der Waals surface area contributed by atoms with Crippen molar-refractivity contribution in [2.75, 3.05) is 39.3 Å². The smallest absolute Gasteiger partial charge is 0.253 e. The van der Waals surface area contributed by atoms with Crippen LogP contribution in [0.5, 0.6) is 0 Å². The molecule has 0 radical (unpaired) electrons. The number of Topliss-reactive ketones (excluding diaryl/α,β-unsaturated/α-hetero) is 4. The number of carbonyl (C=O) groups excluding carboxylic acids is 12. The van der Waals surface area contributed by atoms with Crippen molar-refractivity contribution in [3.63, 3.8) is 0 Å². The molecule has 18 heteroatoms. The van der Waals surface area contributed by atoms with Crippen LogP contribution in [0.15, 0.2) is 24.3 Å². The van der Waals surface area contributed by atoms with E-state index in [1.54, 1.807) is 0 Å². The maximum Gasteiger partial charge on any atom is 0.253 e. The Labute approximate surface area is 293 Å². The lowest BCUT2D eigenvalue weighted by atomic mass is 10.1. The summed E-state index contributed by atoms with van der Waals surface area (Å²) in [7, 11) is 0. The molecule has 2 heterocycles. The third-order valence-corrected chi connectivity index (χ3v) is 7.48.